The number of nitrogen functional groups attached to an aromatic ring is 1. The van der Waals surface area contributed by atoms with Crippen molar-refractivity contribution in [2.45, 2.75) is 6.92 Å². The molecular weight excluding hydrogens is 218 g/mol. The lowest BCUT2D eigenvalue weighted by molar-refractivity contribution is 0.0690. The van der Waals surface area contributed by atoms with Crippen molar-refractivity contribution in [1.29, 1.82) is 0 Å². The van der Waals surface area contributed by atoms with Gasteiger partial charge in [0.2, 0.25) is 5.95 Å². The van der Waals surface area contributed by atoms with Crippen molar-refractivity contribution >= 4 is 11.9 Å². The normalized spacial score (nSPS) is 10.2. The Hall–Kier alpha value is -2.43. The zero-order valence-corrected chi connectivity index (χ0v) is 9.21. The number of nitrogens with two attached hydrogens (primary N) is 1. The zero-order chi connectivity index (χ0) is 12.4. The van der Waals surface area contributed by atoms with Crippen molar-refractivity contribution in [3.63, 3.8) is 0 Å². The molecule has 1 heterocycles. The summed E-state index contributed by atoms with van der Waals surface area (Å²) in [5.74, 6) is -1.16. The van der Waals surface area contributed by atoms with E-state index < -0.39 is 5.97 Å². The van der Waals surface area contributed by atoms with Gasteiger partial charge in [-0.25, -0.2) is 14.8 Å². The van der Waals surface area contributed by atoms with Gasteiger partial charge in [-0.15, -0.1) is 0 Å². The van der Waals surface area contributed by atoms with Crippen molar-refractivity contribution in [3.8, 4) is 11.3 Å². The molecule has 0 saturated heterocycles. The maximum absolute atomic E-state index is 10.9. The molecule has 86 valence electrons. The van der Waals surface area contributed by atoms with Crippen LogP contribution in [0, 0.1) is 6.92 Å². The van der Waals surface area contributed by atoms with Crippen molar-refractivity contribution in [2.24, 2.45) is 0 Å². The summed E-state index contributed by atoms with van der Waals surface area (Å²) in [6.45, 7) is 1.95. The number of carbonyl (C=O) groups is 1. The zero-order valence-electron chi connectivity index (χ0n) is 9.21. The number of anilines is 1. The van der Waals surface area contributed by atoms with Crippen molar-refractivity contribution in [2.75, 3.05) is 5.73 Å². The molecule has 0 bridgehead atoms. The van der Waals surface area contributed by atoms with E-state index in [-0.39, 0.29) is 11.6 Å². The Kier molecular flexibility index (Phi) is 2.74. The highest BCUT2D eigenvalue weighted by atomic mass is 16.4. The summed E-state index contributed by atoms with van der Waals surface area (Å²) in [6.07, 6.45) is 0. The molecule has 1 aromatic carbocycles. The molecular formula is C12H11N3O2. The molecule has 0 fully saturated rings. The van der Waals surface area contributed by atoms with Gasteiger partial charge in [0.1, 0.15) is 0 Å². The Morgan fingerprint density at radius 3 is 2.71 bits per heavy atom. The van der Waals surface area contributed by atoms with E-state index in [1.165, 1.54) is 6.07 Å². The summed E-state index contributed by atoms with van der Waals surface area (Å²) < 4.78 is 0. The maximum atomic E-state index is 10.9. The average molecular weight is 229 g/mol. The number of aromatic carboxylic acids is 1. The Bertz CT molecular complexity index is 582. The minimum atomic E-state index is -1.12. The smallest absolute Gasteiger partial charge is 0.354 e. The molecule has 17 heavy (non-hydrogen) atoms. The lowest BCUT2D eigenvalue weighted by Gasteiger charge is -2.04. The fourth-order valence-corrected chi connectivity index (χ4v) is 1.53. The third-order valence-electron chi connectivity index (χ3n) is 2.28. The third kappa shape index (κ3) is 2.39. The van der Waals surface area contributed by atoms with E-state index in [1.807, 2.05) is 31.2 Å². The molecule has 0 aliphatic heterocycles. The SMILES string of the molecule is Cc1cccc(-c2cc(C(=O)O)nc(N)n2)c1. The number of carboxylic acids is 1. The second-order valence-electron chi connectivity index (χ2n) is 3.67. The second-order valence-corrected chi connectivity index (χ2v) is 3.67. The van der Waals surface area contributed by atoms with E-state index >= 15 is 0 Å². The van der Waals surface area contributed by atoms with Gasteiger partial charge < -0.3 is 10.8 Å². The summed E-state index contributed by atoms with van der Waals surface area (Å²) in [4.78, 5) is 18.5. The Morgan fingerprint density at radius 1 is 1.29 bits per heavy atom. The summed E-state index contributed by atoms with van der Waals surface area (Å²) in [6, 6.07) is 9.00. The van der Waals surface area contributed by atoms with Crippen LogP contribution >= 0.6 is 0 Å². The molecule has 0 aliphatic rings. The van der Waals surface area contributed by atoms with Crippen LogP contribution in [0.2, 0.25) is 0 Å². The van der Waals surface area contributed by atoms with Crippen LogP contribution in [0.15, 0.2) is 30.3 Å². The second kappa shape index (κ2) is 4.21. The number of benzene rings is 1. The van der Waals surface area contributed by atoms with E-state index in [0.717, 1.165) is 11.1 Å². The Morgan fingerprint density at radius 2 is 2.06 bits per heavy atom. The summed E-state index contributed by atoms with van der Waals surface area (Å²) in [5.41, 5.74) is 7.78. The lowest BCUT2D eigenvalue weighted by Crippen LogP contribution is -2.06. The summed E-state index contributed by atoms with van der Waals surface area (Å²) in [7, 11) is 0. The van der Waals surface area contributed by atoms with Crippen LogP contribution in [-0.4, -0.2) is 21.0 Å². The van der Waals surface area contributed by atoms with Crippen molar-refractivity contribution in [3.05, 3.63) is 41.6 Å². The molecule has 0 amide bonds. The minimum Gasteiger partial charge on any atom is -0.477 e. The fourth-order valence-electron chi connectivity index (χ4n) is 1.53. The van der Waals surface area contributed by atoms with E-state index in [9.17, 15) is 4.79 Å². The number of hydrogen-bond acceptors (Lipinski definition) is 4. The number of nitrogens with zero attached hydrogens (tertiary/aromatic N) is 2. The van der Waals surface area contributed by atoms with Gasteiger partial charge in [-0.3, -0.25) is 0 Å². The van der Waals surface area contributed by atoms with Crippen LogP contribution in [0.4, 0.5) is 5.95 Å². The van der Waals surface area contributed by atoms with Gasteiger partial charge >= 0.3 is 5.97 Å². The molecule has 0 aliphatic carbocycles. The maximum Gasteiger partial charge on any atom is 0.354 e. The van der Waals surface area contributed by atoms with Gasteiger partial charge in [0.15, 0.2) is 5.69 Å². The first-order valence-electron chi connectivity index (χ1n) is 5.01. The van der Waals surface area contributed by atoms with Gasteiger partial charge in [-0.05, 0) is 19.1 Å². The number of aryl methyl sites for hydroxylation is 1. The molecule has 3 N–H and O–H groups in total. The van der Waals surface area contributed by atoms with E-state index in [0.29, 0.717) is 5.69 Å². The minimum absolute atomic E-state index is 0.0404. The molecule has 2 aromatic rings. The third-order valence-corrected chi connectivity index (χ3v) is 2.28. The first-order valence-corrected chi connectivity index (χ1v) is 5.01. The van der Waals surface area contributed by atoms with E-state index in [2.05, 4.69) is 9.97 Å². The lowest BCUT2D eigenvalue weighted by atomic mass is 10.1. The predicted molar refractivity (Wildman–Crippen MR) is 63.6 cm³/mol. The van der Waals surface area contributed by atoms with Crippen LogP contribution in [0.5, 0.6) is 0 Å². The quantitative estimate of drug-likeness (QED) is 0.818. The van der Waals surface area contributed by atoms with Crippen LogP contribution in [0.1, 0.15) is 16.1 Å². The van der Waals surface area contributed by atoms with Crippen molar-refractivity contribution in [1.82, 2.24) is 9.97 Å². The molecule has 0 spiro atoms. The number of carboxylic acid groups (broad SMARTS) is 1. The van der Waals surface area contributed by atoms with Gasteiger partial charge in [-0.1, -0.05) is 23.8 Å². The number of hydrogen-bond donors (Lipinski definition) is 2. The van der Waals surface area contributed by atoms with Crippen molar-refractivity contribution < 1.29 is 9.90 Å². The molecule has 0 atom stereocenters. The highest BCUT2D eigenvalue weighted by Gasteiger charge is 2.10. The Balaban J connectivity index is 2.56. The Labute approximate surface area is 98.0 Å². The first kappa shape index (κ1) is 11.1. The van der Waals surface area contributed by atoms with Crippen LogP contribution in [0.3, 0.4) is 0 Å². The number of rotatable bonds is 2. The summed E-state index contributed by atoms with van der Waals surface area (Å²) in [5, 5.41) is 8.89. The van der Waals surface area contributed by atoms with Crippen LogP contribution < -0.4 is 5.73 Å². The van der Waals surface area contributed by atoms with Crippen LogP contribution in [0.25, 0.3) is 11.3 Å². The van der Waals surface area contributed by atoms with Gasteiger partial charge in [0.05, 0.1) is 5.69 Å². The molecule has 0 saturated carbocycles. The van der Waals surface area contributed by atoms with Gasteiger partial charge in [0, 0.05) is 5.56 Å². The predicted octanol–water partition coefficient (Wildman–Crippen LogP) is 1.73. The largest absolute Gasteiger partial charge is 0.477 e. The molecule has 2 rings (SSSR count). The highest BCUT2D eigenvalue weighted by molar-refractivity contribution is 5.87. The molecule has 1 aromatic heterocycles. The molecule has 0 unspecified atom stereocenters. The molecule has 5 nitrogen and oxygen atoms in total. The highest BCUT2D eigenvalue weighted by Crippen LogP contribution is 2.19. The van der Waals surface area contributed by atoms with E-state index in [4.69, 9.17) is 10.8 Å². The van der Waals surface area contributed by atoms with E-state index in [1.54, 1.807) is 0 Å². The number of aromatic nitrogens is 2. The van der Waals surface area contributed by atoms with Crippen LogP contribution in [-0.2, 0) is 0 Å². The standard InChI is InChI=1S/C12H11N3O2/c1-7-3-2-4-8(5-7)9-6-10(11(16)17)15-12(13)14-9/h2-6H,1H3,(H,16,17)(H2,13,14,15). The monoisotopic (exact) mass is 229 g/mol. The summed E-state index contributed by atoms with van der Waals surface area (Å²) >= 11 is 0. The topological polar surface area (TPSA) is 89.1 Å². The van der Waals surface area contributed by atoms with Gasteiger partial charge in [-0.2, -0.15) is 0 Å². The van der Waals surface area contributed by atoms with Gasteiger partial charge in [0.25, 0.3) is 0 Å². The fraction of sp³-hybridized carbons (Fsp3) is 0.0833. The molecule has 5 heteroatoms. The average Bonchev–Trinajstić information content (AvgIpc) is 2.28. The first-order chi connectivity index (χ1) is 8.06. The molecule has 0 radical (unpaired) electrons.